The maximum atomic E-state index is 3.52. The zero-order valence-corrected chi connectivity index (χ0v) is 12.1. The van der Waals surface area contributed by atoms with Gasteiger partial charge in [0, 0.05) is 18.5 Å². The topological polar surface area (TPSA) is 15.3 Å². The zero-order chi connectivity index (χ0) is 13.1. The Kier molecular flexibility index (Phi) is 3.90. The van der Waals surface area contributed by atoms with Crippen molar-refractivity contribution in [3.05, 3.63) is 35.9 Å². The molecule has 0 amide bonds. The summed E-state index contributed by atoms with van der Waals surface area (Å²) in [6.45, 7) is 4.83. The zero-order valence-electron chi connectivity index (χ0n) is 12.1. The van der Waals surface area contributed by atoms with Crippen molar-refractivity contribution in [3.8, 4) is 0 Å². The fourth-order valence-electron chi connectivity index (χ4n) is 3.56. The summed E-state index contributed by atoms with van der Waals surface area (Å²) in [6, 6.07) is 11.2. The van der Waals surface area contributed by atoms with Crippen LogP contribution in [0.15, 0.2) is 30.3 Å². The molecular weight excluding hydrogens is 232 g/mol. The number of benzene rings is 1. The van der Waals surface area contributed by atoms with Gasteiger partial charge in [0.15, 0.2) is 0 Å². The van der Waals surface area contributed by atoms with Gasteiger partial charge in [0.1, 0.15) is 0 Å². The van der Waals surface area contributed by atoms with Crippen molar-refractivity contribution >= 4 is 0 Å². The first-order chi connectivity index (χ1) is 9.28. The molecule has 1 N–H and O–H groups in total. The Balaban J connectivity index is 1.75. The fourth-order valence-corrected chi connectivity index (χ4v) is 3.56. The van der Waals surface area contributed by atoms with Gasteiger partial charge in [-0.15, -0.1) is 0 Å². The number of hydrogen-bond acceptors (Lipinski definition) is 2. The molecular formula is C17H26N2. The van der Waals surface area contributed by atoms with Gasteiger partial charge in [-0.1, -0.05) is 30.3 Å². The van der Waals surface area contributed by atoms with Crippen LogP contribution in [0.3, 0.4) is 0 Å². The summed E-state index contributed by atoms with van der Waals surface area (Å²) in [6.07, 6.45) is 5.44. The second kappa shape index (κ2) is 5.64. The Hall–Kier alpha value is -0.860. The van der Waals surface area contributed by atoms with Crippen LogP contribution in [0.2, 0.25) is 0 Å². The monoisotopic (exact) mass is 258 g/mol. The average molecular weight is 258 g/mol. The summed E-state index contributed by atoms with van der Waals surface area (Å²) in [5.74, 6) is 0.986. The maximum Gasteiger partial charge on any atom is 0.0104 e. The molecule has 104 valence electrons. The Labute approximate surface area is 117 Å². The molecule has 2 aliphatic rings. The lowest BCUT2D eigenvalue weighted by Gasteiger charge is -2.41. The Morgan fingerprint density at radius 3 is 2.47 bits per heavy atom. The van der Waals surface area contributed by atoms with E-state index in [0.29, 0.717) is 5.41 Å². The van der Waals surface area contributed by atoms with Crippen molar-refractivity contribution in [2.45, 2.75) is 31.1 Å². The molecule has 1 saturated carbocycles. The van der Waals surface area contributed by atoms with Crippen LogP contribution < -0.4 is 5.32 Å². The second-order valence-electron chi connectivity index (χ2n) is 6.54. The standard InChI is InChI=1S/C17H26N2/c1-19(13-15-7-8-15)14-17(9-11-18-12-10-17)16-5-3-2-4-6-16/h2-6,15,18H,7-14H2,1H3. The van der Waals surface area contributed by atoms with E-state index in [1.807, 2.05) is 0 Å². The molecule has 0 bridgehead atoms. The van der Waals surface area contributed by atoms with Crippen LogP contribution in [-0.2, 0) is 5.41 Å². The highest BCUT2D eigenvalue weighted by molar-refractivity contribution is 5.27. The molecule has 2 heteroatoms. The van der Waals surface area contributed by atoms with E-state index in [0.717, 1.165) is 19.0 Å². The molecule has 2 fully saturated rings. The predicted octanol–water partition coefficient (Wildman–Crippen LogP) is 2.65. The molecule has 1 aromatic rings. The molecule has 0 spiro atoms. The number of nitrogens with one attached hydrogen (secondary N) is 1. The maximum absolute atomic E-state index is 3.52. The minimum absolute atomic E-state index is 0.371. The van der Waals surface area contributed by atoms with Crippen molar-refractivity contribution in [1.82, 2.24) is 10.2 Å². The van der Waals surface area contributed by atoms with E-state index in [2.05, 4.69) is 47.6 Å². The van der Waals surface area contributed by atoms with Crippen LogP contribution in [0.4, 0.5) is 0 Å². The average Bonchev–Trinajstić information content (AvgIpc) is 3.24. The molecule has 0 unspecified atom stereocenters. The third kappa shape index (κ3) is 3.18. The van der Waals surface area contributed by atoms with Gasteiger partial charge in [-0.3, -0.25) is 0 Å². The minimum Gasteiger partial charge on any atom is -0.317 e. The van der Waals surface area contributed by atoms with Crippen LogP contribution in [0, 0.1) is 5.92 Å². The van der Waals surface area contributed by atoms with Gasteiger partial charge in [-0.05, 0) is 57.3 Å². The molecule has 3 rings (SSSR count). The number of piperidine rings is 1. The van der Waals surface area contributed by atoms with Crippen molar-refractivity contribution < 1.29 is 0 Å². The van der Waals surface area contributed by atoms with Gasteiger partial charge in [-0.25, -0.2) is 0 Å². The normalized spacial score (nSPS) is 22.6. The lowest BCUT2D eigenvalue weighted by atomic mass is 9.73. The molecule has 1 aliphatic heterocycles. The van der Waals surface area contributed by atoms with Gasteiger partial charge >= 0.3 is 0 Å². The summed E-state index contributed by atoms with van der Waals surface area (Å²) in [4.78, 5) is 2.58. The van der Waals surface area contributed by atoms with Gasteiger partial charge in [-0.2, -0.15) is 0 Å². The highest BCUT2D eigenvalue weighted by Crippen LogP contribution is 2.36. The summed E-state index contributed by atoms with van der Waals surface area (Å²) in [7, 11) is 2.31. The largest absolute Gasteiger partial charge is 0.317 e. The molecule has 1 aliphatic carbocycles. The second-order valence-corrected chi connectivity index (χ2v) is 6.54. The van der Waals surface area contributed by atoms with E-state index in [-0.39, 0.29) is 0 Å². The molecule has 1 saturated heterocycles. The first-order valence-corrected chi connectivity index (χ1v) is 7.73. The van der Waals surface area contributed by atoms with Crippen LogP contribution in [0.5, 0.6) is 0 Å². The number of rotatable bonds is 5. The summed E-state index contributed by atoms with van der Waals surface area (Å²) >= 11 is 0. The summed E-state index contributed by atoms with van der Waals surface area (Å²) < 4.78 is 0. The first kappa shape index (κ1) is 13.1. The SMILES string of the molecule is CN(CC1CC1)CC1(c2ccccc2)CCNCC1. The van der Waals surface area contributed by atoms with Gasteiger partial charge in [0.2, 0.25) is 0 Å². The Morgan fingerprint density at radius 1 is 1.16 bits per heavy atom. The number of nitrogens with zero attached hydrogens (tertiary/aromatic N) is 1. The van der Waals surface area contributed by atoms with Crippen molar-refractivity contribution in [1.29, 1.82) is 0 Å². The number of likely N-dealkylation sites (N-methyl/N-ethyl adjacent to an activating group) is 1. The van der Waals surface area contributed by atoms with Gasteiger partial charge < -0.3 is 10.2 Å². The smallest absolute Gasteiger partial charge is 0.0104 e. The first-order valence-electron chi connectivity index (χ1n) is 7.73. The molecule has 1 aromatic carbocycles. The quantitative estimate of drug-likeness (QED) is 0.873. The summed E-state index contributed by atoms with van der Waals surface area (Å²) in [5.41, 5.74) is 1.91. The van der Waals surface area contributed by atoms with E-state index in [1.165, 1.54) is 38.8 Å². The molecule has 0 aromatic heterocycles. The summed E-state index contributed by atoms with van der Waals surface area (Å²) in [5, 5.41) is 3.52. The van der Waals surface area contributed by atoms with Crippen molar-refractivity contribution in [3.63, 3.8) is 0 Å². The highest BCUT2D eigenvalue weighted by atomic mass is 15.1. The fraction of sp³-hybridized carbons (Fsp3) is 0.647. The highest BCUT2D eigenvalue weighted by Gasteiger charge is 2.35. The van der Waals surface area contributed by atoms with Crippen LogP contribution in [0.1, 0.15) is 31.2 Å². The lowest BCUT2D eigenvalue weighted by Crippen LogP contribution is -2.47. The van der Waals surface area contributed by atoms with E-state index < -0.39 is 0 Å². The minimum atomic E-state index is 0.371. The third-order valence-corrected chi connectivity index (χ3v) is 4.79. The van der Waals surface area contributed by atoms with Gasteiger partial charge in [0.25, 0.3) is 0 Å². The number of hydrogen-bond donors (Lipinski definition) is 1. The molecule has 19 heavy (non-hydrogen) atoms. The lowest BCUT2D eigenvalue weighted by molar-refractivity contribution is 0.196. The van der Waals surface area contributed by atoms with E-state index in [9.17, 15) is 0 Å². The van der Waals surface area contributed by atoms with E-state index in [1.54, 1.807) is 5.56 Å². The molecule has 1 heterocycles. The predicted molar refractivity (Wildman–Crippen MR) is 80.4 cm³/mol. The van der Waals surface area contributed by atoms with Crippen LogP contribution >= 0.6 is 0 Å². The molecule has 2 nitrogen and oxygen atoms in total. The molecule has 0 radical (unpaired) electrons. The van der Waals surface area contributed by atoms with Crippen LogP contribution in [-0.4, -0.2) is 38.1 Å². The Bertz CT molecular complexity index is 391. The van der Waals surface area contributed by atoms with Crippen molar-refractivity contribution in [2.24, 2.45) is 5.92 Å². The third-order valence-electron chi connectivity index (χ3n) is 4.79. The van der Waals surface area contributed by atoms with Gasteiger partial charge in [0.05, 0.1) is 0 Å². The van der Waals surface area contributed by atoms with E-state index >= 15 is 0 Å². The molecule has 0 atom stereocenters. The van der Waals surface area contributed by atoms with Crippen LogP contribution in [0.25, 0.3) is 0 Å². The Morgan fingerprint density at radius 2 is 1.84 bits per heavy atom. The van der Waals surface area contributed by atoms with Crippen molar-refractivity contribution in [2.75, 3.05) is 33.2 Å². The van der Waals surface area contributed by atoms with E-state index in [4.69, 9.17) is 0 Å².